The molecular weight excluding hydrogens is 478 g/mol. The number of nitrogens with one attached hydrogen (secondary N) is 1. The number of methoxy groups -OCH3 is 2. The molecule has 0 unspecified atom stereocenters. The van der Waals surface area contributed by atoms with Gasteiger partial charge in [-0.1, -0.05) is 11.6 Å². The highest BCUT2D eigenvalue weighted by atomic mass is 35.5. The number of anilines is 1. The minimum Gasteiger partial charge on any atom is -0.480 e. The summed E-state index contributed by atoms with van der Waals surface area (Å²) in [5.41, 5.74) is 5.89. The highest BCUT2D eigenvalue weighted by Crippen LogP contribution is 2.26. The molecule has 0 saturated carbocycles. The van der Waals surface area contributed by atoms with Gasteiger partial charge in [-0.3, -0.25) is 19.3 Å². The summed E-state index contributed by atoms with van der Waals surface area (Å²) < 4.78 is 15.9. The number of aromatic nitrogens is 1. The molecule has 1 aromatic heterocycles. The van der Waals surface area contributed by atoms with Crippen molar-refractivity contribution in [3.8, 4) is 5.88 Å². The zero-order chi connectivity index (χ0) is 25.5. The number of rotatable bonds is 8. The lowest BCUT2D eigenvalue weighted by molar-refractivity contribution is -0.151. The van der Waals surface area contributed by atoms with Crippen LogP contribution in [-0.2, 0) is 19.1 Å². The van der Waals surface area contributed by atoms with Crippen molar-refractivity contribution in [3.63, 3.8) is 0 Å². The molecule has 1 aromatic rings. The van der Waals surface area contributed by atoms with Gasteiger partial charge in [0.05, 0.1) is 43.3 Å². The molecule has 11 nitrogen and oxygen atoms in total. The molecule has 3 heterocycles. The third-order valence-electron chi connectivity index (χ3n) is 6.50. The molecule has 3 N–H and O–H groups in total. The molecule has 0 radical (unpaired) electrons. The van der Waals surface area contributed by atoms with Crippen molar-refractivity contribution in [2.24, 2.45) is 5.92 Å². The first-order chi connectivity index (χ1) is 16.8. The molecule has 3 rings (SSSR count). The molecule has 2 amide bonds. The molecule has 2 fully saturated rings. The molecule has 35 heavy (non-hydrogen) atoms. The van der Waals surface area contributed by atoms with Crippen LogP contribution in [0.4, 0.5) is 5.82 Å². The lowest BCUT2D eigenvalue weighted by Gasteiger charge is -2.39. The van der Waals surface area contributed by atoms with E-state index in [1.54, 1.807) is 18.9 Å². The van der Waals surface area contributed by atoms with E-state index < -0.39 is 5.91 Å². The summed E-state index contributed by atoms with van der Waals surface area (Å²) >= 11 is 6.04. The smallest absolute Gasteiger partial charge is 0.309 e. The van der Waals surface area contributed by atoms with Gasteiger partial charge in [-0.05, 0) is 32.3 Å². The SMILES string of the molecule is CCOC(=O)C1CCN(C(=O)CN2CC[C@@H](NC(=O)c3cc(Cl)c(N)nc3OC)[C@@H](OC)C2)CC1. The number of pyridine rings is 1. The fourth-order valence-corrected chi connectivity index (χ4v) is 4.65. The second kappa shape index (κ2) is 12.4. The number of likely N-dealkylation sites (tertiary alicyclic amines) is 2. The van der Waals surface area contributed by atoms with Crippen LogP contribution in [0.5, 0.6) is 5.88 Å². The van der Waals surface area contributed by atoms with Crippen LogP contribution in [0.25, 0.3) is 0 Å². The highest BCUT2D eigenvalue weighted by Gasteiger charge is 2.34. The Hall–Kier alpha value is -2.63. The molecule has 194 valence electrons. The Morgan fingerprint density at radius 1 is 1.20 bits per heavy atom. The number of esters is 1. The maximum Gasteiger partial charge on any atom is 0.309 e. The van der Waals surface area contributed by atoms with Gasteiger partial charge < -0.3 is 30.2 Å². The van der Waals surface area contributed by atoms with E-state index in [1.807, 2.05) is 4.90 Å². The van der Waals surface area contributed by atoms with E-state index >= 15 is 0 Å². The second-order valence-corrected chi connectivity index (χ2v) is 9.10. The van der Waals surface area contributed by atoms with Crippen LogP contribution in [-0.4, -0.2) is 98.3 Å². The number of nitrogen functional groups attached to an aromatic ring is 1. The number of carbonyl (C=O) groups is 3. The second-order valence-electron chi connectivity index (χ2n) is 8.70. The Morgan fingerprint density at radius 3 is 2.54 bits per heavy atom. The summed E-state index contributed by atoms with van der Waals surface area (Å²) in [6.07, 6.45) is 1.53. The van der Waals surface area contributed by atoms with Crippen molar-refractivity contribution in [2.75, 3.05) is 59.3 Å². The van der Waals surface area contributed by atoms with Gasteiger partial charge in [0.1, 0.15) is 11.4 Å². The van der Waals surface area contributed by atoms with Crippen molar-refractivity contribution >= 4 is 35.2 Å². The number of nitrogens with zero attached hydrogens (tertiary/aromatic N) is 3. The number of amides is 2. The first-order valence-corrected chi connectivity index (χ1v) is 12.2. The summed E-state index contributed by atoms with van der Waals surface area (Å²) in [5.74, 6) is -0.511. The van der Waals surface area contributed by atoms with Crippen molar-refractivity contribution in [3.05, 3.63) is 16.7 Å². The first-order valence-electron chi connectivity index (χ1n) is 11.8. The molecule has 2 atom stereocenters. The fourth-order valence-electron chi connectivity index (χ4n) is 4.49. The Morgan fingerprint density at radius 2 is 1.91 bits per heavy atom. The average molecular weight is 512 g/mol. The Balaban J connectivity index is 1.52. The Bertz CT molecular complexity index is 924. The predicted octanol–water partition coefficient (Wildman–Crippen LogP) is 0.947. The van der Waals surface area contributed by atoms with Gasteiger partial charge in [-0.2, -0.15) is 4.98 Å². The molecule has 0 aromatic carbocycles. The molecule has 2 saturated heterocycles. The monoisotopic (exact) mass is 511 g/mol. The Kier molecular flexibility index (Phi) is 9.53. The van der Waals surface area contributed by atoms with Crippen LogP contribution < -0.4 is 15.8 Å². The number of hydrogen-bond donors (Lipinski definition) is 2. The Labute approximate surface area is 210 Å². The fraction of sp³-hybridized carbons (Fsp3) is 0.652. The van der Waals surface area contributed by atoms with Crippen LogP contribution in [0, 0.1) is 5.92 Å². The molecule has 2 aliphatic rings. The van der Waals surface area contributed by atoms with E-state index in [0.29, 0.717) is 52.0 Å². The molecule has 12 heteroatoms. The van der Waals surface area contributed by atoms with Gasteiger partial charge in [0.15, 0.2) is 0 Å². The summed E-state index contributed by atoms with van der Waals surface area (Å²) in [5, 5.41) is 3.14. The third kappa shape index (κ3) is 6.74. The number of nitrogens with two attached hydrogens (primary N) is 1. The third-order valence-corrected chi connectivity index (χ3v) is 6.80. The number of halogens is 1. The largest absolute Gasteiger partial charge is 0.480 e. The van der Waals surface area contributed by atoms with Gasteiger partial charge in [0.2, 0.25) is 11.8 Å². The zero-order valence-corrected chi connectivity index (χ0v) is 21.2. The lowest BCUT2D eigenvalue weighted by atomic mass is 9.97. The van der Waals surface area contributed by atoms with Crippen LogP contribution in [0.3, 0.4) is 0 Å². The van der Waals surface area contributed by atoms with E-state index in [2.05, 4.69) is 10.3 Å². The standard InChI is InChI=1S/C23H34ClN5O6/c1-4-35-23(32)14-5-9-29(10-6-14)19(30)13-28-8-7-17(18(12-28)33-2)26-21(31)15-11-16(24)20(25)27-22(15)34-3/h11,14,17-18H,4-10,12-13H2,1-3H3,(H2,25,27)(H,26,31)/t17-,18+/m1/s1. The maximum absolute atomic E-state index is 12.9. The van der Waals surface area contributed by atoms with E-state index in [-0.39, 0.29) is 58.8 Å². The highest BCUT2D eigenvalue weighted by molar-refractivity contribution is 6.33. The molecule has 0 bridgehead atoms. The number of piperidine rings is 2. The summed E-state index contributed by atoms with van der Waals surface area (Å²) in [6.45, 7) is 4.62. The van der Waals surface area contributed by atoms with Gasteiger partial charge in [0, 0.05) is 33.3 Å². The van der Waals surface area contributed by atoms with Gasteiger partial charge in [-0.25, -0.2) is 0 Å². The van der Waals surface area contributed by atoms with E-state index in [9.17, 15) is 14.4 Å². The average Bonchev–Trinajstić information content (AvgIpc) is 2.86. The van der Waals surface area contributed by atoms with E-state index in [4.69, 9.17) is 31.5 Å². The number of hydrogen-bond acceptors (Lipinski definition) is 9. The van der Waals surface area contributed by atoms with Crippen molar-refractivity contribution < 1.29 is 28.6 Å². The van der Waals surface area contributed by atoms with Gasteiger partial charge in [0.25, 0.3) is 5.91 Å². The summed E-state index contributed by atoms with van der Waals surface area (Å²) in [4.78, 5) is 45.5. The van der Waals surface area contributed by atoms with Crippen LogP contribution in [0.1, 0.15) is 36.5 Å². The van der Waals surface area contributed by atoms with Gasteiger partial charge in [-0.15, -0.1) is 0 Å². The topological polar surface area (TPSA) is 136 Å². The molecule has 0 aliphatic carbocycles. The van der Waals surface area contributed by atoms with Crippen LogP contribution in [0.15, 0.2) is 6.07 Å². The normalized spacial score (nSPS) is 21.4. The number of ether oxygens (including phenoxy) is 3. The minimum atomic E-state index is -0.391. The molecule has 2 aliphatic heterocycles. The van der Waals surface area contributed by atoms with Crippen molar-refractivity contribution in [1.29, 1.82) is 0 Å². The quantitative estimate of drug-likeness (QED) is 0.488. The summed E-state index contributed by atoms with van der Waals surface area (Å²) in [7, 11) is 2.98. The summed E-state index contributed by atoms with van der Waals surface area (Å²) in [6, 6.07) is 1.17. The van der Waals surface area contributed by atoms with Crippen molar-refractivity contribution in [2.45, 2.75) is 38.3 Å². The van der Waals surface area contributed by atoms with E-state index in [1.165, 1.54) is 13.2 Å². The van der Waals surface area contributed by atoms with Crippen LogP contribution in [0.2, 0.25) is 5.02 Å². The lowest BCUT2D eigenvalue weighted by Crippen LogP contribution is -2.56. The zero-order valence-electron chi connectivity index (χ0n) is 20.4. The molecule has 0 spiro atoms. The van der Waals surface area contributed by atoms with Crippen LogP contribution >= 0.6 is 11.6 Å². The van der Waals surface area contributed by atoms with Gasteiger partial charge >= 0.3 is 5.97 Å². The van der Waals surface area contributed by atoms with Crippen molar-refractivity contribution in [1.82, 2.24) is 20.1 Å². The van der Waals surface area contributed by atoms with E-state index in [0.717, 1.165) is 0 Å². The maximum atomic E-state index is 12.9. The predicted molar refractivity (Wildman–Crippen MR) is 129 cm³/mol. The minimum absolute atomic E-state index is 0.0250. The number of carbonyl (C=O) groups excluding carboxylic acids is 3. The molecular formula is C23H34ClN5O6. The first kappa shape index (κ1) is 27.0.